The number of hydrogen-bond donors (Lipinski definition) is 1. The maximum absolute atomic E-state index is 14.9. The second-order valence-corrected chi connectivity index (χ2v) is 10.7. The van der Waals surface area contributed by atoms with Crippen molar-refractivity contribution in [1.82, 2.24) is 9.88 Å². The lowest BCUT2D eigenvalue weighted by molar-refractivity contribution is 0.326. The Balaban J connectivity index is 1.49. The minimum absolute atomic E-state index is 0.172. The van der Waals surface area contributed by atoms with Gasteiger partial charge in [0.15, 0.2) is 5.82 Å². The van der Waals surface area contributed by atoms with E-state index in [1.165, 1.54) is 34.5 Å². The molecule has 0 bridgehead atoms. The molecule has 164 valence electrons. The van der Waals surface area contributed by atoms with Crippen LogP contribution in [-0.2, 0) is 16.6 Å². The zero-order valence-electron chi connectivity index (χ0n) is 16.8. The van der Waals surface area contributed by atoms with Crippen molar-refractivity contribution in [2.24, 2.45) is 0 Å². The molecule has 31 heavy (non-hydrogen) atoms. The Hall–Kier alpha value is -2.01. The second kappa shape index (κ2) is 9.23. The van der Waals surface area contributed by atoms with Gasteiger partial charge in [-0.05, 0) is 40.0 Å². The maximum Gasteiger partial charge on any atom is 0.266 e. The molecular weight excluding hydrogens is 503 g/mol. The third-order valence-electron chi connectivity index (χ3n) is 5.39. The molecule has 0 amide bonds. The first-order chi connectivity index (χ1) is 14.8. The minimum Gasteiger partial charge on any atom is -0.369 e. The summed E-state index contributed by atoms with van der Waals surface area (Å²) in [7, 11) is -2.16. The number of thiazole rings is 1. The Bertz CT molecular complexity index is 1140. The number of halogens is 2. The van der Waals surface area contributed by atoms with Crippen LogP contribution in [0.2, 0.25) is 0 Å². The number of likely N-dealkylation sites (N-methyl/N-ethyl adjacent to an activating group) is 1. The van der Waals surface area contributed by atoms with Crippen LogP contribution in [0.4, 0.5) is 15.9 Å². The van der Waals surface area contributed by atoms with Gasteiger partial charge >= 0.3 is 0 Å². The summed E-state index contributed by atoms with van der Waals surface area (Å²) in [6, 6.07) is 13.1. The summed E-state index contributed by atoms with van der Waals surface area (Å²) >= 11 is 4.69. The fraction of sp³-hybridized carbons (Fsp3) is 0.286. The van der Waals surface area contributed by atoms with Gasteiger partial charge in [0, 0.05) is 42.6 Å². The van der Waals surface area contributed by atoms with Gasteiger partial charge < -0.3 is 4.90 Å². The first-order valence-corrected chi connectivity index (χ1v) is 12.9. The number of anilines is 2. The van der Waals surface area contributed by atoms with Crippen molar-refractivity contribution in [2.75, 3.05) is 29.8 Å². The van der Waals surface area contributed by atoms with Gasteiger partial charge in [0.25, 0.3) is 10.0 Å². The van der Waals surface area contributed by atoms with Crippen LogP contribution < -0.4 is 9.62 Å². The van der Waals surface area contributed by atoms with Gasteiger partial charge in [0.1, 0.15) is 10.7 Å². The lowest BCUT2D eigenvalue weighted by Gasteiger charge is -2.28. The molecule has 1 aliphatic rings. The molecule has 0 aliphatic carbocycles. The minimum atomic E-state index is -4.08. The molecule has 2 heterocycles. The predicted molar refractivity (Wildman–Crippen MR) is 126 cm³/mol. The van der Waals surface area contributed by atoms with E-state index < -0.39 is 20.7 Å². The Labute approximate surface area is 193 Å². The third kappa shape index (κ3) is 5.08. The van der Waals surface area contributed by atoms with E-state index >= 15 is 0 Å². The van der Waals surface area contributed by atoms with Gasteiger partial charge in [-0.1, -0.05) is 30.3 Å². The van der Waals surface area contributed by atoms with E-state index in [2.05, 4.69) is 42.7 Å². The highest BCUT2D eigenvalue weighted by atomic mass is 79.9. The molecule has 0 saturated carbocycles. The topological polar surface area (TPSA) is 65.5 Å². The molecule has 1 fully saturated rings. The highest BCUT2D eigenvalue weighted by Crippen LogP contribution is 2.34. The van der Waals surface area contributed by atoms with Crippen molar-refractivity contribution >= 4 is 48.8 Å². The third-order valence-corrected chi connectivity index (χ3v) is 7.98. The average molecular weight is 525 g/mol. The quantitative estimate of drug-likeness (QED) is 0.490. The summed E-state index contributed by atoms with van der Waals surface area (Å²) < 4.78 is 42.9. The molecule has 1 aliphatic heterocycles. The number of sulfonamides is 1. The highest BCUT2D eigenvalue weighted by molar-refractivity contribution is 9.10. The summed E-state index contributed by atoms with van der Waals surface area (Å²) in [6.45, 7) is 2.68. The van der Waals surface area contributed by atoms with Crippen molar-refractivity contribution < 1.29 is 12.8 Å². The fourth-order valence-electron chi connectivity index (χ4n) is 3.76. The molecule has 1 N–H and O–H groups in total. The first kappa shape index (κ1) is 22.2. The fourth-order valence-corrected chi connectivity index (χ4v) is 6.18. The van der Waals surface area contributed by atoms with E-state index in [9.17, 15) is 12.8 Å². The summed E-state index contributed by atoms with van der Waals surface area (Å²) in [5.74, 6) is -0.627. The molecule has 4 rings (SSSR count). The van der Waals surface area contributed by atoms with Gasteiger partial charge in [-0.25, -0.2) is 17.8 Å². The Kier molecular flexibility index (Phi) is 6.61. The van der Waals surface area contributed by atoms with Gasteiger partial charge in [-0.15, -0.1) is 11.3 Å². The number of likely N-dealkylation sites (tertiary alicyclic amines) is 1. The normalized spacial score (nSPS) is 17.1. The van der Waals surface area contributed by atoms with E-state index in [1.807, 2.05) is 30.1 Å². The molecule has 1 atom stereocenters. The smallest absolute Gasteiger partial charge is 0.266 e. The van der Waals surface area contributed by atoms with Crippen LogP contribution in [0, 0.1) is 5.82 Å². The standard InChI is InChI=1S/C21H22BrFN4O2S2/c1-26(16-7-8-27(12-16)11-15-5-3-2-4-6-15)19-10-18(23)20(9-17(19)22)31(28,29)25-21-13-30-14-24-21/h2-6,9-10,13-14,16,25H,7-8,11-12H2,1H3. The summed E-state index contributed by atoms with van der Waals surface area (Å²) in [5, 5.41) is 1.55. The molecule has 2 aromatic carbocycles. The first-order valence-electron chi connectivity index (χ1n) is 9.72. The zero-order chi connectivity index (χ0) is 22.0. The maximum atomic E-state index is 14.9. The van der Waals surface area contributed by atoms with Gasteiger partial charge in [0.2, 0.25) is 0 Å². The van der Waals surface area contributed by atoms with Gasteiger partial charge in [-0.2, -0.15) is 0 Å². The van der Waals surface area contributed by atoms with Crippen LogP contribution in [0.15, 0.2) is 62.7 Å². The number of rotatable bonds is 7. The van der Waals surface area contributed by atoms with E-state index in [4.69, 9.17) is 0 Å². The lowest BCUT2D eigenvalue weighted by atomic mass is 10.2. The predicted octanol–water partition coefficient (Wildman–Crippen LogP) is 4.56. The zero-order valence-corrected chi connectivity index (χ0v) is 20.1. The van der Waals surface area contributed by atoms with Crippen molar-refractivity contribution in [3.8, 4) is 0 Å². The Morgan fingerprint density at radius 3 is 2.81 bits per heavy atom. The summed E-state index contributed by atoms with van der Waals surface area (Å²) in [4.78, 5) is 7.87. The monoisotopic (exact) mass is 524 g/mol. The number of benzene rings is 2. The van der Waals surface area contributed by atoms with Crippen LogP contribution in [0.3, 0.4) is 0 Å². The van der Waals surface area contributed by atoms with Crippen LogP contribution in [-0.4, -0.2) is 44.5 Å². The van der Waals surface area contributed by atoms with Crippen molar-refractivity contribution in [2.45, 2.75) is 23.9 Å². The lowest BCUT2D eigenvalue weighted by Crippen LogP contribution is -2.34. The molecule has 1 saturated heterocycles. The highest BCUT2D eigenvalue weighted by Gasteiger charge is 2.29. The number of hydrogen-bond acceptors (Lipinski definition) is 6. The molecule has 6 nitrogen and oxygen atoms in total. The average Bonchev–Trinajstić information content (AvgIpc) is 3.41. The SMILES string of the molecule is CN(c1cc(F)c(S(=O)(=O)Nc2cscn2)cc1Br)C1CCN(Cc2ccccc2)C1. The van der Waals surface area contributed by atoms with Crippen LogP contribution in [0.1, 0.15) is 12.0 Å². The molecule has 10 heteroatoms. The largest absolute Gasteiger partial charge is 0.369 e. The Morgan fingerprint density at radius 2 is 2.10 bits per heavy atom. The number of nitrogens with zero attached hydrogens (tertiary/aromatic N) is 3. The molecule has 1 unspecified atom stereocenters. The van der Waals surface area contributed by atoms with E-state index in [1.54, 1.807) is 5.38 Å². The van der Waals surface area contributed by atoms with E-state index in [-0.39, 0.29) is 11.9 Å². The molecule has 0 spiro atoms. The van der Waals surface area contributed by atoms with Crippen LogP contribution in [0.25, 0.3) is 0 Å². The van der Waals surface area contributed by atoms with E-state index in [0.29, 0.717) is 10.2 Å². The Morgan fingerprint density at radius 1 is 1.32 bits per heavy atom. The second-order valence-electron chi connectivity index (χ2n) is 7.49. The van der Waals surface area contributed by atoms with Crippen molar-refractivity contribution in [3.05, 3.63) is 69.2 Å². The molecule has 1 aromatic heterocycles. The van der Waals surface area contributed by atoms with Crippen molar-refractivity contribution in [1.29, 1.82) is 0 Å². The van der Waals surface area contributed by atoms with E-state index in [0.717, 1.165) is 26.1 Å². The molecule has 0 radical (unpaired) electrons. The van der Waals surface area contributed by atoms with Crippen LogP contribution >= 0.6 is 27.3 Å². The summed E-state index contributed by atoms with van der Waals surface area (Å²) in [6.07, 6.45) is 0.947. The number of aromatic nitrogens is 1. The number of nitrogens with one attached hydrogen (secondary N) is 1. The van der Waals surface area contributed by atoms with Gasteiger partial charge in [0.05, 0.1) is 11.2 Å². The van der Waals surface area contributed by atoms with Crippen molar-refractivity contribution in [3.63, 3.8) is 0 Å². The molecular formula is C21H22BrFN4O2S2. The van der Waals surface area contributed by atoms with Crippen LogP contribution in [0.5, 0.6) is 0 Å². The molecule has 3 aromatic rings. The van der Waals surface area contributed by atoms with Gasteiger partial charge in [-0.3, -0.25) is 9.62 Å². The summed E-state index contributed by atoms with van der Waals surface area (Å²) in [5.41, 5.74) is 3.39.